The van der Waals surface area contributed by atoms with Crippen LogP contribution in [0, 0.1) is 11.3 Å². The third-order valence-electron chi connectivity index (χ3n) is 6.53. The summed E-state index contributed by atoms with van der Waals surface area (Å²) in [5.74, 6) is 0.783. The molecule has 1 N–H and O–H groups in total. The molecule has 0 aromatic rings. The van der Waals surface area contributed by atoms with Crippen LogP contribution >= 0.6 is 0 Å². The predicted molar refractivity (Wildman–Crippen MR) is 88.8 cm³/mol. The van der Waals surface area contributed by atoms with E-state index in [4.69, 9.17) is 0 Å². The Labute approximate surface area is 139 Å². The first-order valence-electron chi connectivity index (χ1n) is 9.23. The zero-order valence-corrected chi connectivity index (χ0v) is 14.6. The van der Waals surface area contributed by atoms with E-state index in [1.54, 1.807) is 0 Å². The van der Waals surface area contributed by atoms with Gasteiger partial charge in [-0.3, -0.25) is 9.69 Å². The lowest BCUT2D eigenvalue weighted by Gasteiger charge is -2.36. The summed E-state index contributed by atoms with van der Waals surface area (Å²) in [4.78, 5) is 15.1. The van der Waals surface area contributed by atoms with Gasteiger partial charge in [-0.05, 0) is 56.9 Å². The number of sulfone groups is 1. The van der Waals surface area contributed by atoms with Crippen LogP contribution in [0.1, 0.15) is 51.4 Å². The van der Waals surface area contributed by atoms with E-state index in [-0.39, 0.29) is 28.7 Å². The van der Waals surface area contributed by atoms with Crippen molar-refractivity contribution in [2.75, 3.05) is 24.6 Å². The van der Waals surface area contributed by atoms with Crippen LogP contribution in [-0.4, -0.2) is 55.9 Å². The van der Waals surface area contributed by atoms with E-state index in [0.29, 0.717) is 18.9 Å². The van der Waals surface area contributed by atoms with Gasteiger partial charge in [-0.15, -0.1) is 0 Å². The van der Waals surface area contributed by atoms with Crippen LogP contribution in [0.3, 0.4) is 0 Å². The Kier molecular flexibility index (Phi) is 3.95. The van der Waals surface area contributed by atoms with Gasteiger partial charge in [0.25, 0.3) is 0 Å². The molecule has 2 aliphatic heterocycles. The van der Waals surface area contributed by atoms with E-state index < -0.39 is 9.84 Å². The minimum absolute atomic E-state index is 0.0121. The van der Waals surface area contributed by atoms with Crippen molar-refractivity contribution in [3.8, 4) is 0 Å². The SMILES string of the molecule is O=C(NCC1CCCCN1C1CC1)C1CC12CCS(=O)(=O)CC2. The Bertz CT molecular complexity index is 571. The van der Waals surface area contributed by atoms with E-state index in [1.165, 1.54) is 38.6 Å². The maximum Gasteiger partial charge on any atom is 0.223 e. The Morgan fingerprint density at radius 1 is 1.13 bits per heavy atom. The molecule has 4 rings (SSSR count). The zero-order valence-electron chi connectivity index (χ0n) is 13.8. The third kappa shape index (κ3) is 3.29. The molecule has 1 spiro atoms. The molecule has 2 unspecified atom stereocenters. The molecular weight excluding hydrogens is 312 g/mol. The van der Waals surface area contributed by atoms with E-state index >= 15 is 0 Å². The smallest absolute Gasteiger partial charge is 0.223 e. The fourth-order valence-corrected chi connectivity index (χ4v) is 6.33. The van der Waals surface area contributed by atoms with Crippen LogP contribution in [0.5, 0.6) is 0 Å². The molecule has 1 amide bonds. The molecule has 4 fully saturated rings. The number of hydrogen-bond acceptors (Lipinski definition) is 4. The molecule has 2 saturated carbocycles. The minimum Gasteiger partial charge on any atom is -0.354 e. The second kappa shape index (κ2) is 5.73. The Balaban J connectivity index is 1.28. The fraction of sp³-hybridized carbons (Fsp3) is 0.941. The predicted octanol–water partition coefficient (Wildman–Crippen LogP) is 1.33. The van der Waals surface area contributed by atoms with Gasteiger partial charge in [0.2, 0.25) is 5.91 Å². The number of carbonyl (C=O) groups is 1. The Morgan fingerprint density at radius 2 is 1.87 bits per heavy atom. The molecule has 2 heterocycles. The van der Waals surface area contributed by atoms with Crippen molar-refractivity contribution >= 4 is 15.7 Å². The molecule has 2 saturated heterocycles. The van der Waals surface area contributed by atoms with E-state index in [9.17, 15) is 13.2 Å². The quantitative estimate of drug-likeness (QED) is 0.838. The summed E-state index contributed by atoms with van der Waals surface area (Å²) in [6, 6.07) is 1.29. The zero-order chi connectivity index (χ0) is 16.1. The first-order chi connectivity index (χ1) is 11.0. The Morgan fingerprint density at radius 3 is 2.57 bits per heavy atom. The topological polar surface area (TPSA) is 66.5 Å². The van der Waals surface area contributed by atoms with Crippen LogP contribution in [-0.2, 0) is 14.6 Å². The lowest BCUT2D eigenvalue weighted by atomic mass is 9.96. The fourth-order valence-electron chi connectivity index (χ4n) is 4.69. The van der Waals surface area contributed by atoms with Crippen LogP contribution in [0.4, 0.5) is 0 Å². The van der Waals surface area contributed by atoms with Crippen molar-refractivity contribution < 1.29 is 13.2 Å². The van der Waals surface area contributed by atoms with Crippen LogP contribution in [0.2, 0.25) is 0 Å². The van der Waals surface area contributed by atoms with Gasteiger partial charge in [0.15, 0.2) is 0 Å². The number of carbonyl (C=O) groups excluding carboxylic acids is 1. The van der Waals surface area contributed by atoms with E-state index in [2.05, 4.69) is 10.2 Å². The number of likely N-dealkylation sites (tertiary alicyclic amines) is 1. The van der Waals surface area contributed by atoms with Gasteiger partial charge in [0, 0.05) is 24.5 Å². The number of nitrogens with zero attached hydrogens (tertiary/aromatic N) is 1. The van der Waals surface area contributed by atoms with E-state index in [0.717, 1.165) is 19.0 Å². The number of amides is 1. The molecule has 2 aliphatic carbocycles. The number of hydrogen-bond donors (Lipinski definition) is 1. The maximum absolute atomic E-state index is 12.5. The molecule has 6 heteroatoms. The van der Waals surface area contributed by atoms with Gasteiger partial charge < -0.3 is 5.32 Å². The van der Waals surface area contributed by atoms with Crippen molar-refractivity contribution in [2.45, 2.75) is 63.5 Å². The molecule has 0 aromatic carbocycles. The summed E-state index contributed by atoms with van der Waals surface area (Å²) in [7, 11) is -2.84. The number of rotatable bonds is 4. The standard InChI is InChI=1S/C17H28N2O3S/c20-16(15-11-17(15)6-9-23(21,22)10-7-17)18-12-14-3-1-2-8-19(14)13-4-5-13/h13-15H,1-12H2,(H,18,20). The van der Waals surface area contributed by atoms with Gasteiger partial charge in [0.05, 0.1) is 11.5 Å². The molecule has 2 atom stereocenters. The molecular formula is C17H28N2O3S. The van der Waals surface area contributed by atoms with Crippen LogP contribution in [0.25, 0.3) is 0 Å². The van der Waals surface area contributed by atoms with E-state index in [1.807, 2.05) is 0 Å². The van der Waals surface area contributed by atoms with Crippen molar-refractivity contribution in [1.82, 2.24) is 10.2 Å². The lowest BCUT2D eigenvalue weighted by molar-refractivity contribution is -0.123. The van der Waals surface area contributed by atoms with Crippen molar-refractivity contribution in [3.63, 3.8) is 0 Å². The molecule has 130 valence electrons. The number of nitrogens with one attached hydrogen (secondary N) is 1. The van der Waals surface area contributed by atoms with Gasteiger partial charge in [-0.25, -0.2) is 8.42 Å². The lowest BCUT2D eigenvalue weighted by Crippen LogP contribution is -2.48. The highest BCUT2D eigenvalue weighted by Gasteiger charge is 2.59. The van der Waals surface area contributed by atoms with Crippen LogP contribution < -0.4 is 5.32 Å². The van der Waals surface area contributed by atoms with Crippen molar-refractivity contribution in [2.24, 2.45) is 11.3 Å². The van der Waals surface area contributed by atoms with Gasteiger partial charge >= 0.3 is 0 Å². The van der Waals surface area contributed by atoms with Crippen molar-refractivity contribution in [3.05, 3.63) is 0 Å². The first kappa shape index (κ1) is 15.9. The molecule has 4 aliphatic rings. The molecule has 5 nitrogen and oxygen atoms in total. The normalized spacial score (nSPS) is 35.8. The summed E-state index contributed by atoms with van der Waals surface area (Å²) in [6.45, 7) is 1.97. The third-order valence-corrected chi connectivity index (χ3v) is 8.18. The maximum atomic E-state index is 12.5. The molecule has 0 radical (unpaired) electrons. The highest BCUT2D eigenvalue weighted by molar-refractivity contribution is 7.91. The summed E-state index contributed by atoms with van der Waals surface area (Å²) >= 11 is 0. The first-order valence-corrected chi connectivity index (χ1v) is 11.1. The molecule has 0 aromatic heterocycles. The molecule has 0 bridgehead atoms. The van der Waals surface area contributed by atoms with Gasteiger partial charge in [0.1, 0.15) is 9.84 Å². The van der Waals surface area contributed by atoms with Gasteiger partial charge in [-0.1, -0.05) is 6.42 Å². The highest BCUT2D eigenvalue weighted by atomic mass is 32.2. The van der Waals surface area contributed by atoms with Gasteiger partial charge in [-0.2, -0.15) is 0 Å². The highest BCUT2D eigenvalue weighted by Crippen LogP contribution is 2.59. The summed E-state index contributed by atoms with van der Waals surface area (Å²) < 4.78 is 23.1. The van der Waals surface area contributed by atoms with Crippen molar-refractivity contribution in [1.29, 1.82) is 0 Å². The second-order valence-corrected chi connectivity index (χ2v) is 10.4. The Hall–Kier alpha value is -0.620. The largest absolute Gasteiger partial charge is 0.354 e. The summed E-state index contributed by atoms with van der Waals surface area (Å²) in [6.07, 6.45) is 8.68. The summed E-state index contributed by atoms with van der Waals surface area (Å²) in [5.41, 5.74) is 0.0121. The summed E-state index contributed by atoms with van der Waals surface area (Å²) in [5, 5.41) is 3.19. The average Bonchev–Trinajstić information content (AvgIpc) is 3.44. The molecule has 23 heavy (non-hydrogen) atoms. The average molecular weight is 340 g/mol. The number of piperidine rings is 1. The monoisotopic (exact) mass is 340 g/mol. The second-order valence-electron chi connectivity index (χ2n) is 8.13. The minimum atomic E-state index is -2.84. The van der Waals surface area contributed by atoms with Crippen LogP contribution in [0.15, 0.2) is 0 Å².